The fourth-order valence-electron chi connectivity index (χ4n) is 3.83. The van der Waals surface area contributed by atoms with Gasteiger partial charge in [0.25, 0.3) is 5.56 Å². The number of nitrogens with one attached hydrogen (secondary N) is 2. The first-order chi connectivity index (χ1) is 13.8. The van der Waals surface area contributed by atoms with Crippen LogP contribution in [0.2, 0.25) is 0 Å². The molecule has 0 radical (unpaired) electrons. The monoisotopic (exact) mass is 397 g/mol. The predicted octanol–water partition coefficient (Wildman–Crippen LogP) is 0.407. The zero-order chi connectivity index (χ0) is 20.7. The Morgan fingerprint density at radius 2 is 2.03 bits per heavy atom. The van der Waals surface area contributed by atoms with E-state index in [-0.39, 0.29) is 19.0 Å². The van der Waals surface area contributed by atoms with Crippen molar-refractivity contribution < 1.29 is 9.90 Å². The van der Waals surface area contributed by atoms with Gasteiger partial charge < -0.3 is 15.0 Å². The van der Waals surface area contributed by atoms with Crippen LogP contribution in [0.1, 0.15) is 29.4 Å². The molecule has 3 heterocycles. The van der Waals surface area contributed by atoms with Crippen LogP contribution in [0.3, 0.4) is 0 Å². The largest absolute Gasteiger partial charge is 0.389 e. The van der Waals surface area contributed by atoms with Crippen molar-refractivity contribution in [3.63, 3.8) is 0 Å². The van der Waals surface area contributed by atoms with Gasteiger partial charge in [0.05, 0.1) is 23.2 Å². The fourth-order valence-corrected chi connectivity index (χ4v) is 3.83. The molecule has 29 heavy (non-hydrogen) atoms. The van der Waals surface area contributed by atoms with Crippen LogP contribution in [0.4, 0.5) is 0 Å². The second kappa shape index (κ2) is 7.32. The third kappa shape index (κ3) is 3.73. The van der Waals surface area contributed by atoms with E-state index >= 15 is 0 Å². The summed E-state index contributed by atoms with van der Waals surface area (Å²) < 4.78 is 1.31. The lowest BCUT2D eigenvalue weighted by atomic mass is 10.1. The van der Waals surface area contributed by atoms with E-state index in [1.807, 2.05) is 25.1 Å². The molecule has 1 aromatic carbocycles. The molecule has 1 fully saturated rings. The average Bonchev–Trinajstić information content (AvgIpc) is 3.24. The number of aliphatic hydroxyl groups is 1. The molecule has 1 aliphatic rings. The van der Waals surface area contributed by atoms with Crippen molar-refractivity contribution >= 4 is 16.9 Å². The van der Waals surface area contributed by atoms with E-state index in [0.717, 1.165) is 22.4 Å². The van der Waals surface area contributed by atoms with Crippen LogP contribution in [-0.4, -0.2) is 54.6 Å². The van der Waals surface area contributed by atoms with Gasteiger partial charge in [-0.2, -0.15) is 0 Å². The highest BCUT2D eigenvalue weighted by atomic mass is 16.3. The summed E-state index contributed by atoms with van der Waals surface area (Å²) >= 11 is 0. The molecule has 0 bridgehead atoms. The summed E-state index contributed by atoms with van der Waals surface area (Å²) in [6, 6.07) is 5.30. The van der Waals surface area contributed by atoms with E-state index in [0.29, 0.717) is 18.4 Å². The SMILES string of the molecule is Cc1nc2ccc(CCC(=O)N3C[C@@H](O)[C@H](n4cc(C)c(=O)[nH]c4=O)C3)cc2[nH]1. The van der Waals surface area contributed by atoms with E-state index in [1.54, 1.807) is 11.8 Å². The van der Waals surface area contributed by atoms with Crippen LogP contribution < -0.4 is 11.2 Å². The lowest BCUT2D eigenvalue weighted by Crippen LogP contribution is -2.37. The molecule has 9 nitrogen and oxygen atoms in total. The molecule has 0 unspecified atom stereocenters. The van der Waals surface area contributed by atoms with Crippen LogP contribution in [-0.2, 0) is 11.2 Å². The Morgan fingerprint density at radius 3 is 2.83 bits per heavy atom. The summed E-state index contributed by atoms with van der Waals surface area (Å²) in [5, 5.41) is 10.4. The standard InChI is InChI=1S/C20H23N5O4/c1-11-8-25(20(29)23-19(11)28)16-9-24(10-17(16)26)18(27)6-4-13-3-5-14-15(7-13)22-12(2)21-14/h3,5,7-8,16-17,26H,4,6,9-10H2,1-2H3,(H,21,22)(H,23,28,29)/t16-,17-/m1/s1. The first kappa shape index (κ1) is 19.1. The second-order valence-electron chi connectivity index (χ2n) is 7.59. The smallest absolute Gasteiger partial charge is 0.328 e. The molecule has 4 rings (SSSR count). The minimum Gasteiger partial charge on any atom is -0.389 e. The highest BCUT2D eigenvalue weighted by molar-refractivity contribution is 5.78. The fraction of sp³-hybridized carbons (Fsp3) is 0.400. The van der Waals surface area contributed by atoms with Gasteiger partial charge >= 0.3 is 5.69 Å². The molecule has 9 heteroatoms. The molecule has 0 saturated carbocycles. The van der Waals surface area contributed by atoms with Gasteiger partial charge in [-0.1, -0.05) is 6.07 Å². The number of aliphatic hydroxyl groups excluding tert-OH is 1. The molecule has 152 valence electrons. The Morgan fingerprint density at radius 1 is 1.24 bits per heavy atom. The van der Waals surface area contributed by atoms with E-state index in [9.17, 15) is 19.5 Å². The number of benzene rings is 1. The Kier molecular flexibility index (Phi) is 4.83. The molecule has 1 saturated heterocycles. The molecule has 2 aromatic heterocycles. The molecular weight excluding hydrogens is 374 g/mol. The first-order valence-electron chi connectivity index (χ1n) is 9.55. The summed E-state index contributed by atoms with van der Waals surface area (Å²) in [6.07, 6.45) is 1.44. The van der Waals surface area contributed by atoms with Crippen molar-refractivity contribution in [3.8, 4) is 0 Å². The minimum atomic E-state index is -0.869. The van der Waals surface area contributed by atoms with Gasteiger partial charge in [0.1, 0.15) is 5.82 Å². The molecule has 0 aliphatic carbocycles. The summed E-state index contributed by atoms with van der Waals surface area (Å²) in [4.78, 5) is 47.7. The number of β-amino-alcohol motifs (C(OH)–C–C–N with tert-alkyl or cyclic N) is 1. The summed E-state index contributed by atoms with van der Waals surface area (Å²) in [5.74, 6) is 0.764. The number of amides is 1. The number of hydrogen-bond acceptors (Lipinski definition) is 5. The second-order valence-corrected chi connectivity index (χ2v) is 7.59. The number of aryl methyl sites for hydroxylation is 3. The molecule has 3 N–H and O–H groups in total. The zero-order valence-corrected chi connectivity index (χ0v) is 16.3. The lowest BCUT2D eigenvalue weighted by Gasteiger charge is -2.18. The van der Waals surface area contributed by atoms with Gasteiger partial charge in [0, 0.05) is 31.3 Å². The number of hydrogen-bond donors (Lipinski definition) is 3. The van der Waals surface area contributed by atoms with E-state index in [2.05, 4.69) is 15.0 Å². The molecule has 1 amide bonds. The first-order valence-corrected chi connectivity index (χ1v) is 9.55. The van der Waals surface area contributed by atoms with E-state index in [1.165, 1.54) is 10.8 Å². The number of H-pyrrole nitrogens is 2. The minimum absolute atomic E-state index is 0.0818. The maximum atomic E-state index is 12.7. The maximum absolute atomic E-state index is 12.7. The normalized spacial score (nSPS) is 19.2. The van der Waals surface area contributed by atoms with Crippen molar-refractivity contribution in [2.45, 2.75) is 38.8 Å². The number of rotatable bonds is 4. The number of carbonyl (C=O) groups is 1. The third-order valence-electron chi connectivity index (χ3n) is 5.41. The maximum Gasteiger partial charge on any atom is 0.328 e. The molecule has 1 aliphatic heterocycles. The Balaban J connectivity index is 1.43. The summed E-state index contributed by atoms with van der Waals surface area (Å²) in [7, 11) is 0. The van der Waals surface area contributed by atoms with E-state index < -0.39 is 23.4 Å². The van der Waals surface area contributed by atoms with Gasteiger partial charge in [-0.15, -0.1) is 0 Å². The average molecular weight is 397 g/mol. The van der Waals surface area contributed by atoms with Crippen LogP contribution in [0, 0.1) is 13.8 Å². The number of carbonyl (C=O) groups excluding carboxylic acids is 1. The van der Waals surface area contributed by atoms with Gasteiger partial charge in [-0.3, -0.25) is 19.1 Å². The highest BCUT2D eigenvalue weighted by Gasteiger charge is 2.35. The van der Waals surface area contributed by atoms with Gasteiger partial charge in [0.15, 0.2) is 0 Å². The molecular formula is C20H23N5O4. The van der Waals surface area contributed by atoms with Crippen molar-refractivity contribution in [3.05, 3.63) is 62.2 Å². The summed E-state index contributed by atoms with van der Waals surface area (Å²) in [5.41, 5.74) is 2.21. The van der Waals surface area contributed by atoms with Crippen molar-refractivity contribution in [1.82, 2.24) is 24.4 Å². The predicted molar refractivity (Wildman–Crippen MR) is 107 cm³/mol. The van der Waals surface area contributed by atoms with Gasteiger partial charge in [-0.25, -0.2) is 9.78 Å². The molecule has 0 spiro atoms. The van der Waals surface area contributed by atoms with Crippen molar-refractivity contribution in [2.24, 2.45) is 0 Å². The van der Waals surface area contributed by atoms with Crippen LogP contribution in [0.5, 0.6) is 0 Å². The van der Waals surface area contributed by atoms with Crippen LogP contribution in [0.25, 0.3) is 11.0 Å². The molecule has 2 atom stereocenters. The number of fused-ring (bicyclic) bond motifs is 1. The zero-order valence-electron chi connectivity index (χ0n) is 16.3. The topological polar surface area (TPSA) is 124 Å². The summed E-state index contributed by atoms with van der Waals surface area (Å²) in [6.45, 7) is 3.88. The lowest BCUT2D eigenvalue weighted by molar-refractivity contribution is -0.130. The third-order valence-corrected chi connectivity index (χ3v) is 5.41. The quantitative estimate of drug-likeness (QED) is 0.588. The van der Waals surface area contributed by atoms with Crippen LogP contribution >= 0.6 is 0 Å². The molecule has 3 aromatic rings. The van der Waals surface area contributed by atoms with Gasteiger partial charge in [-0.05, 0) is 38.0 Å². The number of likely N-dealkylation sites (tertiary alicyclic amines) is 1. The Labute approximate surface area is 166 Å². The Hall–Kier alpha value is -3.20. The van der Waals surface area contributed by atoms with E-state index in [4.69, 9.17) is 0 Å². The van der Waals surface area contributed by atoms with Crippen molar-refractivity contribution in [1.29, 1.82) is 0 Å². The number of aromatic amines is 2. The number of imidazole rings is 1. The Bertz CT molecular complexity index is 1190. The van der Waals surface area contributed by atoms with Crippen LogP contribution in [0.15, 0.2) is 34.0 Å². The highest BCUT2D eigenvalue weighted by Crippen LogP contribution is 2.22. The van der Waals surface area contributed by atoms with Gasteiger partial charge in [0.2, 0.25) is 5.91 Å². The number of aromatic nitrogens is 4. The number of nitrogens with zero attached hydrogens (tertiary/aromatic N) is 3. The van der Waals surface area contributed by atoms with Crippen molar-refractivity contribution in [2.75, 3.05) is 13.1 Å².